The van der Waals surface area contributed by atoms with Crippen molar-refractivity contribution in [2.24, 2.45) is 0 Å². The number of alkyl halides is 1. The molecule has 0 spiro atoms. The lowest BCUT2D eigenvalue weighted by atomic mass is 10.2. The van der Waals surface area contributed by atoms with Crippen LogP contribution in [0.2, 0.25) is 0 Å². The number of hydrogen-bond donors (Lipinski definition) is 0. The summed E-state index contributed by atoms with van der Waals surface area (Å²) in [5.74, 6) is 0. The highest BCUT2D eigenvalue weighted by Gasteiger charge is 1.84. The first-order valence-electron chi connectivity index (χ1n) is 4.08. The third-order valence-electron chi connectivity index (χ3n) is 1.41. The molecule has 2 heteroatoms. The molecular weight excluding hydrogens is 275 g/mol. The normalized spacial score (nSPS) is 10.8. The van der Waals surface area contributed by atoms with Gasteiger partial charge >= 0.3 is 0 Å². The van der Waals surface area contributed by atoms with Crippen LogP contribution in [0.5, 0.6) is 0 Å². The number of halogens is 1. The molecule has 0 fully saturated rings. The Labute approximate surface area is 92.9 Å². The Morgan fingerprint density at radius 3 is 2.77 bits per heavy atom. The van der Waals surface area contributed by atoms with Gasteiger partial charge in [0.2, 0.25) is 0 Å². The van der Waals surface area contributed by atoms with E-state index in [9.17, 15) is 0 Å². The first kappa shape index (κ1) is 10.7. The molecule has 0 aromatic heterocycles. The minimum Gasteiger partial charge on any atom is -0.363 e. The Bertz CT molecular complexity index is 244. The third-order valence-corrected chi connectivity index (χ3v) is 1.85. The van der Waals surface area contributed by atoms with Crippen LogP contribution in [0, 0.1) is 6.61 Å². The first-order chi connectivity index (χ1) is 6.43. The fraction of sp³-hybridized carbons (Fsp3) is 0.182. The van der Waals surface area contributed by atoms with E-state index >= 15 is 0 Å². The van der Waals surface area contributed by atoms with Crippen LogP contribution in [-0.4, -0.2) is 11.0 Å². The SMILES string of the molecule is ICCO[C]/C=C/c1ccccc1. The van der Waals surface area contributed by atoms with E-state index in [1.807, 2.05) is 36.4 Å². The van der Waals surface area contributed by atoms with Gasteiger partial charge in [-0.25, -0.2) is 0 Å². The molecule has 0 atom stereocenters. The van der Waals surface area contributed by atoms with Gasteiger partial charge in [-0.05, 0) is 11.6 Å². The molecule has 0 aliphatic carbocycles. The van der Waals surface area contributed by atoms with Crippen molar-refractivity contribution in [3.8, 4) is 0 Å². The molecule has 2 radical (unpaired) electrons. The Balaban J connectivity index is 2.25. The second-order valence-corrected chi connectivity index (χ2v) is 3.48. The second kappa shape index (κ2) is 7.09. The van der Waals surface area contributed by atoms with E-state index in [4.69, 9.17) is 4.74 Å². The van der Waals surface area contributed by atoms with Crippen LogP contribution < -0.4 is 0 Å². The number of hydrogen-bond acceptors (Lipinski definition) is 1. The van der Waals surface area contributed by atoms with Gasteiger partial charge in [0, 0.05) is 4.43 Å². The molecule has 1 nitrogen and oxygen atoms in total. The van der Waals surface area contributed by atoms with Crippen LogP contribution in [-0.2, 0) is 4.74 Å². The van der Waals surface area contributed by atoms with E-state index in [1.165, 1.54) is 0 Å². The van der Waals surface area contributed by atoms with Gasteiger partial charge < -0.3 is 4.74 Å². The zero-order valence-corrected chi connectivity index (χ0v) is 9.40. The fourth-order valence-electron chi connectivity index (χ4n) is 0.840. The lowest BCUT2D eigenvalue weighted by Gasteiger charge is -1.93. The third kappa shape index (κ3) is 5.05. The van der Waals surface area contributed by atoms with Gasteiger partial charge in [-0.1, -0.05) is 59.0 Å². The molecule has 68 valence electrons. The number of ether oxygens (including phenoxy) is 1. The Kier molecular flexibility index (Phi) is 5.85. The van der Waals surface area contributed by atoms with Gasteiger partial charge in [0.1, 0.15) is 0 Å². The maximum atomic E-state index is 5.06. The van der Waals surface area contributed by atoms with Gasteiger partial charge in [0.25, 0.3) is 0 Å². The van der Waals surface area contributed by atoms with E-state index in [1.54, 1.807) is 6.08 Å². The van der Waals surface area contributed by atoms with Crippen molar-refractivity contribution in [2.45, 2.75) is 0 Å². The van der Waals surface area contributed by atoms with Crippen molar-refractivity contribution < 1.29 is 4.74 Å². The summed E-state index contributed by atoms with van der Waals surface area (Å²) in [6.07, 6.45) is 3.76. The van der Waals surface area contributed by atoms with Gasteiger partial charge in [-0.3, -0.25) is 0 Å². The zero-order valence-electron chi connectivity index (χ0n) is 7.24. The quantitative estimate of drug-likeness (QED) is 0.459. The summed E-state index contributed by atoms with van der Waals surface area (Å²) < 4.78 is 6.05. The molecule has 0 aliphatic heterocycles. The van der Waals surface area contributed by atoms with Crippen LogP contribution in [0.4, 0.5) is 0 Å². The molecule has 1 rings (SSSR count). The minimum absolute atomic E-state index is 0.722. The molecule has 0 heterocycles. The smallest absolute Gasteiger partial charge is 0.158 e. The monoisotopic (exact) mass is 286 g/mol. The van der Waals surface area contributed by atoms with Gasteiger partial charge in [0.05, 0.1) is 6.61 Å². The fourth-order valence-corrected chi connectivity index (χ4v) is 1.06. The molecule has 0 saturated carbocycles. The molecule has 0 N–H and O–H groups in total. The van der Waals surface area contributed by atoms with Crippen molar-refractivity contribution >= 4 is 28.7 Å². The van der Waals surface area contributed by atoms with Crippen LogP contribution in [0.1, 0.15) is 5.56 Å². The molecule has 1 aromatic carbocycles. The number of rotatable bonds is 5. The topological polar surface area (TPSA) is 9.23 Å². The van der Waals surface area contributed by atoms with Crippen molar-refractivity contribution in [2.75, 3.05) is 11.0 Å². The molecule has 0 amide bonds. The van der Waals surface area contributed by atoms with Crippen molar-refractivity contribution in [1.29, 1.82) is 0 Å². The van der Waals surface area contributed by atoms with Gasteiger partial charge in [-0.15, -0.1) is 0 Å². The summed E-state index contributed by atoms with van der Waals surface area (Å²) in [4.78, 5) is 0. The molecule has 0 unspecified atom stereocenters. The molecule has 0 saturated heterocycles. The van der Waals surface area contributed by atoms with Gasteiger partial charge in [-0.2, -0.15) is 0 Å². The predicted octanol–water partition coefficient (Wildman–Crippen LogP) is 3.19. The Morgan fingerprint density at radius 2 is 2.08 bits per heavy atom. The van der Waals surface area contributed by atoms with Crippen LogP contribution in [0.25, 0.3) is 6.08 Å². The van der Waals surface area contributed by atoms with Crippen molar-refractivity contribution in [3.05, 3.63) is 48.6 Å². The lowest BCUT2D eigenvalue weighted by Crippen LogP contribution is -1.88. The predicted molar refractivity (Wildman–Crippen MR) is 63.6 cm³/mol. The molecule has 0 bridgehead atoms. The zero-order chi connectivity index (χ0) is 9.36. The summed E-state index contributed by atoms with van der Waals surface area (Å²) in [6.45, 7) is 3.47. The molecule has 0 aliphatic rings. The average molecular weight is 286 g/mol. The highest BCUT2D eigenvalue weighted by Crippen LogP contribution is 2.01. The summed E-state index contributed by atoms with van der Waals surface area (Å²) in [7, 11) is 0. The van der Waals surface area contributed by atoms with E-state index in [0.717, 1.165) is 16.6 Å². The highest BCUT2D eigenvalue weighted by atomic mass is 127. The Morgan fingerprint density at radius 1 is 1.31 bits per heavy atom. The largest absolute Gasteiger partial charge is 0.363 e. The minimum atomic E-state index is 0.722. The summed E-state index contributed by atoms with van der Waals surface area (Å²) in [5, 5.41) is 0. The summed E-state index contributed by atoms with van der Waals surface area (Å²) in [5.41, 5.74) is 1.16. The second-order valence-electron chi connectivity index (χ2n) is 2.40. The molecule has 1 aromatic rings. The number of benzene rings is 1. The maximum Gasteiger partial charge on any atom is 0.158 e. The van der Waals surface area contributed by atoms with Gasteiger partial charge in [0.15, 0.2) is 6.61 Å². The maximum absolute atomic E-state index is 5.06. The molecule has 13 heavy (non-hydrogen) atoms. The average Bonchev–Trinajstić information content (AvgIpc) is 2.19. The lowest BCUT2D eigenvalue weighted by molar-refractivity contribution is 0.238. The summed E-state index contributed by atoms with van der Waals surface area (Å²) in [6, 6.07) is 10.1. The first-order valence-corrected chi connectivity index (χ1v) is 5.61. The highest BCUT2D eigenvalue weighted by molar-refractivity contribution is 14.1. The van der Waals surface area contributed by atoms with E-state index < -0.39 is 0 Å². The van der Waals surface area contributed by atoms with Crippen molar-refractivity contribution in [1.82, 2.24) is 0 Å². The summed E-state index contributed by atoms with van der Waals surface area (Å²) >= 11 is 2.26. The van der Waals surface area contributed by atoms with Crippen LogP contribution in [0.15, 0.2) is 36.4 Å². The van der Waals surface area contributed by atoms with Crippen molar-refractivity contribution in [3.63, 3.8) is 0 Å². The van der Waals surface area contributed by atoms with E-state index in [-0.39, 0.29) is 0 Å². The van der Waals surface area contributed by atoms with Crippen LogP contribution >= 0.6 is 22.6 Å². The van der Waals surface area contributed by atoms with Crippen LogP contribution in [0.3, 0.4) is 0 Å². The Hall–Kier alpha value is -0.350. The van der Waals surface area contributed by atoms with E-state index in [2.05, 4.69) is 29.2 Å². The molecular formula is C11H11IO. The standard InChI is InChI=1S/C11H11IO/c12-8-10-13-9-4-7-11-5-2-1-3-6-11/h1-7H,8,10H2/b7-4+. The van der Waals surface area contributed by atoms with E-state index in [0.29, 0.717) is 0 Å².